The number of carbonyl (C=O) groups excluding carboxylic acids is 1. The number of benzene rings is 1. The summed E-state index contributed by atoms with van der Waals surface area (Å²) in [5, 5.41) is 11.9. The zero-order valence-electron chi connectivity index (χ0n) is 11.0. The second-order valence-corrected chi connectivity index (χ2v) is 4.88. The lowest BCUT2D eigenvalue weighted by Crippen LogP contribution is -2.39. The lowest BCUT2D eigenvalue weighted by Gasteiger charge is -2.26. The van der Waals surface area contributed by atoms with E-state index in [1.165, 1.54) is 0 Å². The number of halogens is 1. The van der Waals surface area contributed by atoms with Gasteiger partial charge < -0.3 is 15.8 Å². The minimum Gasteiger partial charge on any atom is -0.409 e. The maximum Gasteiger partial charge on any atom is 0.254 e. The number of oxime groups is 1. The van der Waals surface area contributed by atoms with Crippen LogP contribution in [-0.2, 0) is 0 Å². The third-order valence-electron chi connectivity index (χ3n) is 2.69. The van der Waals surface area contributed by atoms with Crippen LogP contribution in [0.25, 0.3) is 0 Å². The second kappa shape index (κ2) is 6.99. The van der Waals surface area contributed by atoms with E-state index in [1.54, 1.807) is 29.2 Å². The predicted octanol–water partition coefficient (Wildman–Crippen LogP) is 2.33. The van der Waals surface area contributed by atoms with Gasteiger partial charge in [-0.1, -0.05) is 22.8 Å². The van der Waals surface area contributed by atoms with Crippen LogP contribution in [0, 0.1) is 0 Å². The topological polar surface area (TPSA) is 78.9 Å². The normalized spacial score (nSPS) is 11.7. The van der Waals surface area contributed by atoms with E-state index in [2.05, 4.69) is 5.16 Å². The van der Waals surface area contributed by atoms with Crippen molar-refractivity contribution in [2.45, 2.75) is 26.3 Å². The standard InChI is InChI=1S/C13H18ClN3O2/c1-9(2)17(7-6-12(15)16-19)13(18)10-4-3-5-11(14)8-10/h3-5,8-9,19H,6-7H2,1-2H3,(H2,15,16). The first-order valence-electron chi connectivity index (χ1n) is 5.98. The van der Waals surface area contributed by atoms with Gasteiger partial charge in [-0.2, -0.15) is 0 Å². The van der Waals surface area contributed by atoms with Gasteiger partial charge in [-0.25, -0.2) is 0 Å². The molecule has 104 valence electrons. The molecule has 1 aromatic carbocycles. The molecule has 0 fully saturated rings. The molecule has 0 aliphatic carbocycles. The van der Waals surface area contributed by atoms with Crippen LogP contribution in [0.15, 0.2) is 29.4 Å². The van der Waals surface area contributed by atoms with Crippen molar-refractivity contribution in [3.63, 3.8) is 0 Å². The molecular weight excluding hydrogens is 266 g/mol. The van der Waals surface area contributed by atoms with E-state index in [9.17, 15) is 4.79 Å². The van der Waals surface area contributed by atoms with Gasteiger partial charge in [-0.3, -0.25) is 4.79 Å². The molecule has 0 saturated heterocycles. The second-order valence-electron chi connectivity index (χ2n) is 4.44. The maximum atomic E-state index is 12.4. The van der Waals surface area contributed by atoms with Gasteiger partial charge in [-0.05, 0) is 32.0 Å². The van der Waals surface area contributed by atoms with Crippen LogP contribution >= 0.6 is 11.6 Å². The molecule has 5 nitrogen and oxygen atoms in total. The quantitative estimate of drug-likeness (QED) is 0.377. The Morgan fingerprint density at radius 2 is 2.21 bits per heavy atom. The summed E-state index contributed by atoms with van der Waals surface area (Å²) in [7, 11) is 0. The minimum absolute atomic E-state index is 0.0120. The van der Waals surface area contributed by atoms with Gasteiger partial charge in [0.2, 0.25) is 0 Å². The molecule has 0 aromatic heterocycles. The molecule has 1 amide bonds. The minimum atomic E-state index is -0.122. The molecule has 19 heavy (non-hydrogen) atoms. The Morgan fingerprint density at radius 3 is 2.74 bits per heavy atom. The number of hydrogen-bond donors (Lipinski definition) is 2. The van der Waals surface area contributed by atoms with Crippen LogP contribution in [0.3, 0.4) is 0 Å². The molecule has 3 N–H and O–H groups in total. The molecule has 0 spiro atoms. The van der Waals surface area contributed by atoms with E-state index >= 15 is 0 Å². The molecule has 0 saturated carbocycles. The molecule has 0 aliphatic rings. The summed E-state index contributed by atoms with van der Waals surface area (Å²) >= 11 is 5.88. The first-order chi connectivity index (χ1) is 8.95. The zero-order valence-corrected chi connectivity index (χ0v) is 11.8. The van der Waals surface area contributed by atoms with Gasteiger partial charge in [-0.15, -0.1) is 0 Å². The van der Waals surface area contributed by atoms with Crippen molar-refractivity contribution in [3.8, 4) is 0 Å². The van der Waals surface area contributed by atoms with Crippen LogP contribution in [0.5, 0.6) is 0 Å². The van der Waals surface area contributed by atoms with Crippen LogP contribution < -0.4 is 5.73 Å². The number of rotatable bonds is 5. The van der Waals surface area contributed by atoms with Crippen molar-refractivity contribution < 1.29 is 10.0 Å². The van der Waals surface area contributed by atoms with Crippen molar-refractivity contribution in [2.75, 3.05) is 6.54 Å². The van der Waals surface area contributed by atoms with Gasteiger partial charge in [0.25, 0.3) is 5.91 Å². The first-order valence-corrected chi connectivity index (χ1v) is 6.36. The van der Waals surface area contributed by atoms with Gasteiger partial charge in [0.15, 0.2) is 0 Å². The summed E-state index contributed by atoms with van der Waals surface area (Å²) in [6.07, 6.45) is 0.320. The van der Waals surface area contributed by atoms with Gasteiger partial charge in [0.1, 0.15) is 5.84 Å². The van der Waals surface area contributed by atoms with Gasteiger partial charge in [0, 0.05) is 29.6 Å². The summed E-state index contributed by atoms with van der Waals surface area (Å²) in [5.41, 5.74) is 5.95. The SMILES string of the molecule is CC(C)N(CC/C(N)=N/O)C(=O)c1cccc(Cl)c1. The van der Waals surface area contributed by atoms with E-state index in [0.29, 0.717) is 23.6 Å². The van der Waals surface area contributed by atoms with E-state index in [4.69, 9.17) is 22.5 Å². The highest BCUT2D eigenvalue weighted by Gasteiger charge is 2.19. The van der Waals surface area contributed by atoms with Gasteiger partial charge >= 0.3 is 0 Å². The largest absolute Gasteiger partial charge is 0.409 e. The van der Waals surface area contributed by atoms with E-state index in [0.717, 1.165) is 0 Å². The molecular formula is C13H18ClN3O2. The summed E-state index contributed by atoms with van der Waals surface area (Å²) in [6, 6.07) is 6.81. The van der Waals surface area contributed by atoms with Crippen molar-refractivity contribution in [1.82, 2.24) is 4.90 Å². The van der Waals surface area contributed by atoms with Crippen LogP contribution in [-0.4, -0.2) is 34.4 Å². The van der Waals surface area contributed by atoms with Gasteiger partial charge in [0.05, 0.1) is 0 Å². The molecule has 1 aromatic rings. The fraction of sp³-hybridized carbons (Fsp3) is 0.385. The molecule has 0 bridgehead atoms. The Morgan fingerprint density at radius 1 is 1.53 bits per heavy atom. The van der Waals surface area contributed by atoms with Crippen LogP contribution in [0.1, 0.15) is 30.6 Å². The molecule has 6 heteroatoms. The highest BCUT2D eigenvalue weighted by molar-refractivity contribution is 6.30. The Hall–Kier alpha value is -1.75. The Balaban J connectivity index is 2.84. The summed E-state index contributed by atoms with van der Waals surface area (Å²) < 4.78 is 0. The Kier molecular flexibility index (Phi) is 5.63. The average molecular weight is 284 g/mol. The van der Waals surface area contributed by atoms with E-state index in [-0.39, 0.29) is 17.8 Å². The zero-order chi connectivity index (χ0) is 14.4. The summed E-state index contributed by atoms with van der Waals surface area (Å²) in [4.78, 5) is 14.0. The number of nitrogens with two attached hydrogens (primary N) is 1. The average Bonchev–Trinajstić information content (AvgIpc) is 2.38. The molecule has 1 rings (SSSR count). The molecule has 0 radical (unpaired) electrons. The smallest absolute Gasteiger partial charge is 0.254 e. The summed E-state index contributed by atoms with van der Waals surface area (Å²) in [6.45, 7) is 4.21. The first kappa shape index (κ1) is 15.3. The third kappa shape index (κ3) is 4.44. The highest BCUT2D eigenvalue weighted by atomic mass is 35.5. The van der Waals surface area contributed by atoms with Crippen molar-refractivity contribution >= 4 is 23.3 Å². The Bertz CT molecular complexity index is 475. The fourth-order valence-electron chi connectivity index (χ4n) is 1.67. The molecule has 0 heterocycles. The highest BCUT2D eigenvalue weighted by Crippen LogP contribution is 2.14. The number of hydrogen-bond acceptors (Lipinski definition) is 3. The van der Waals surface area contributed by atoms with Crippen molar-refractivity contribution in [2.24, 2.45) is 10.9 Å². The monoisotopic (exact) mass is 283 g/mol. The van der Waals surface area contributed by atoms with Crippen molar-refractivity contribution in [1.29, 1.82) is 0 Å². The maximum absolute atomic E-state index is 12.4. The van der Waals surface area contributed by atoms with Crippen LogP contribution in [0.2, 0.25) is 5.02 Å². The molecule has 0 aliphatic heterocycles. The summed E-state index contributed by atoms with van der Waals surface area (Å²) in [5.74, 6) is -0.0206. The number of carbonyl (C=O) groups is 1. The lowest BCUT2D eigenvalue weighted by atomic mass is 10.1. The third-order valence-corrected chi connectivity index (χ3v) is 2.93. The Labute approximate surface area is 117 Å². The number of nitrogens with zero attached hydrogens (tertiary/aromatic N) is 2. The lowest BCUT2D eigenvalue weighted by molar-refractivity contribution is 0.0711. The van der Waals surface area contributed by atoms with E-state index in [1.807, 2.05) is 13.8 Å². The predicted molar refractivity (Wildman–Crippen MR) is 75.7 cm³/mol. The molecule has 0 unspecified atom stereocenters. The molecule has 0 atom stereocenters. The van der Waals surface area contributed by atoms with Crippen molar-refractivity contribution in [3.05, 3.63) is 34.9 Å². The fourth-order valence-corrected chi connectivity index (χ4v) is 1.86. The number of amidine groups is 1. The number of amides is 1. The van der Waals surface area contributed by atoms with E-state index < -0.39 is 0 Å². The van der Waals surface area contributed by atoms with Crippen LogP contribution in [0.4, 0.5) is 0 Å².